The lowest BCUT2D eigenvalue weighted by Gasteiger charge is -2.06. The number of ether oxygens (including phenoxy) is 2. The fourth-order valence-electron chi connectivity index (χ4n) is 2.79. The quantitative estimate of drug-likeness (QED) is 0.320. The molecule has 0 bridgehead atoms. The van der Waals surface area contributed by atoms with Crippen molar-refractivity contribution >= 4 is 28.5 Å². The smallest absolute Gasteiger partial charge is 0.250 e. The van der Waals surface area contributed by atoms with Crippen LogP contribution in [0.15, 0.2) is 60.0 Å². The summed E-state index contributed by atoms with van der Waals surface area (Å²) in [6.07, 6.45) is 6.65. The molecule has 5 nitrogen and oxygen atoms in total. The number of unbranched alkanes of at least 4 members (excludes halogenated alkanes) is 2. The van der Waals surface area contributed by atoms with Crippen LogP contribution in [0.4, 0.5) is 5.13 Å². The molecule has 30 heavy (non-hydrogen) atoms. The van der Waals surface area contributed by atoms with E-state index in [9.17, 15) is 4.79 Å². The summed E-state index contributed by atoms with van der Waals surface area (Å²) in [5, 5.41) is 5.29. The Kier molecular flexibility index (Phi) is 8.03. The van der Waals surface area contributed by atoms with E-state index in [1.807, 2.05) is 53.9 Å². The predicted molar refractivity (Wildman–Crippen MR) is 123 cm³/mol. The zero-order valence-corrected chi connectivity index (χ0v) is 18.1. The molecule has 0 radical (unpaired) electrons. The standard InChI is InChI=1S/C24H26N2O3S/c1-3-4-5-15-29-21-8-6-7-18(16-21)9-14-23(27)26-24-25-22(17-30-24)19-10-12-20(28-2)13-11-19/h6-14,16-17H,3-5,15H2,1-2H3,(H,25,26,27)/b14-9+. The van der Waals surface area contributed by atoms with Gasteiger partial charge in [-0.25, -0.2) is 4.98 Å². The number of hydrogen-bond acceptors (Lipinski definition) is 5. The molecule has 0 atom stereocenters. The van der Waals surface area contributed by atoms with Gasteiger partial charge < -0.3 is 9.47 Å². The molecule has 1 amide bonds. The molecule has 1 heterocycles. The Bertz CT molecular complexity index is 980. The minimum absolute atomic E-state index is 0.222. The maximum absolute atomic E-state index is 12.3. The van der Waals surface area contributed by atoms with Crippen LogP contribution in [0.25, 0.3) is 17.3 Å². The van der Waals surface area contributed by atoms with Gasteiger partial charge in [-0.1, -0.05) is 31.9 Å². The van der Waals surface area contributed by atoms with Crippen LogP contribution < -0.4 is 14.8 Å². The van der Waals surface area contributed by atoms with Crippen LogP contribution in [-0.4, -0.2) is 24.6 Å². The monoisotopic (exact) mass is 422 g/mol. The van der Waals surface area contributed by atoms with E-state index in [1.54, 1.807) is 13.2 Å². The number of benzene rings is 2. The number of carbonyl (C=O) groups excluding carboxylic acids is 1. The number of methoxy groups -OCH3 is 1. The van der Waals surface area contributed by atoms with Crippen molar-refractivity contribution in [3.05, 3.63) is 65.6 Å². The lowest BCUT2D eigenvalue weighted by molar-refractivity contribution is -0.111. The molecule has 0 aliphatic rings. The maximum Gasteiger partial charge on any atom is 0.250 e. The zero-order chi connectivity index (χ0) is 21.2. The number of amides is 1. The normalized spacial score (nSPS) is 10.9. The highest BCUT2D eigenvalue weighted by molar-refractivity contribution is 7.14. The summed E-state index contributed by atoms with van der Waals surface area (Å²) in [5.41, 5.74) is 2.70. The number of aromatic nitrogens is 1. The lowest BCUT2D eigenvalue weighted by Crippen LogP contribution is -2.07. The molecule has 3 aromatic rings. The van der Waals surface area contributed by atoms with Crippen LogP contribution in [0.3, 0.4) is 0 Å². The number of nitrogens with zero attached hydrogens (tertiary/aromatic N) is 1. The number of nitrogens with one attached hydrogen (secondary N) is 1. The van der Waals surface area contributed by atoms with Crippen LogP contribution in [0.2, 0.25) is 0 Å². The molecule has 1 aromatic heterocycles. The molecule has 6 heteroatoms. The molecule has 0 aliphatic heterocycles. The number of thiazole rings is 1. The van der Waals surface area contributed by atoms with Gasteiger partial charge in [0, 0.05) is 17.0 Å². The van der Waals surface area contributed by atoms with Crippen molar-refractivity contribution in [1.29, 1.82) is 0 Å². The third-order valence-electron chi connectivity index (χ3n) is 4.42. The second-order valence-electron chi connectivity index (χ2n) is 6.72. The van der Waals surface area contributed by atoms with Crippen molar-refractivity contribution in [2.45, 2.75) is 26.2 Å². The first-order valence-electron chi connectivity index (χ1n) is 10.00. The first-order chi connectivity index (χ1) is 14.7. The minimum atomic E-state index is -0.222. The summed E-state index contributed by atoms with van der Waals surface area (Å²) in [4.78, 5) is 16.8. The third-order valence-corrected chi connectivity index (χ3v) is 5.18. The van der Waals surface area contributed by atoms with Gasteiger partial charge in [-0.05, 0) is 54.5 Å². The van der Waals surface area contributed by atoms with Crippen LogP contribution in [0.1, 0.15) is 31.7 Å². The number of carbonyl (C=O) groups is 1. The van der Waals surface area contributed by atoms with E-state index in [4.69, 9.17) is 9.47 Å². The van der Waals surface area contributed by atoms with Gasteiger partial charge in [0.15, 0.2) is 5.13 Å². The van der Waals surface area contributed by atoms with E-state index in [2.05, 4.69) is 17.2 Å². The molecule has 1 N–H and O–H groups in total. The highest BCUT2D eigenvalue weighted by Crippen LogP contribution is 2.26. The van der Waals surface area contributed by atoms with E-state index in [1.165, 1.54) is 23.8 Å². The van der Waals surface area contributed by atoms with Crippen molar-refractivity contribution in [3.63, 3.8) is 0 Å². The summed E-state index contributed by atoms with van der Waals surface area (Å²) in [6, 6.07) is 15.4. The average molecular weight is 423 g/mol. The first kappa shape index (κ1) is 21.6. The van der Waals surface area contributed by atoms with Gasteiger partial charge in [-0.3, -0.25) is 10.1 Å². The Morgan fingerprint density at radius 3 is 2.73 bits per heavy atom. The molecule has 0 fully saturated rings. The molecule has 156 valence electrons. The molecule has 0 spiro atoms. The second-order valence-corrected chi connectivity index (χ2v) is 7.58. The molecule has 0 unspecified atom stereocenters. The summed E-state index contributed by atoms with van der Waals surface area (Å²) < 4.78 is 10.9. The first-order valence-corrected chi connectivity index (χ1v) is 10.9. The minimum Gasteiger partial charge on any atom is -0.497 e. The van der Waals surface area contributed by atoms with Crippen LogP contribution >= 0.6 is 11.3 Å². The Balaban J connectivity index is 1.55. The van der Waals surface area contributed by atoms with E-state index in [-0.39, 0.29) is 5.91 Å². The van der Waals surface area contributed by atoms with Crippen molar-refractivity contribution < 1.29 is 14.3 Å². The maximum atomic E-state index is 12.3. The van der Waals surface area contributed by atoms with E-state index < -0.39 is 0 Å². The topological polar surface area (TPSA) is 60.5 Å². The van der Waals surface area contributed by atoms with E-state index >= 15 is 0 Å². The van der Waals surface area contributed by atoms with Crippen molar-refractivity contribution in [3.8, 4) is 22.8 Å². The van der Waals surface area contributed by atoms with Crippen LogP contribution in [0.5, 0.6) is 11.5 Å². The SMILES string of the molecule is CCCCCOc1cccc(/C=C/C(=O)Nc2nc(-c3ccc(OC)cc3)cs2)c1. The number of anilines is 1. The van der Waals surface area contributed by atoms with Gasteiger partial charge in [0.2, 0.25) is 5.91 Å². The fraction of sp³-hybridized carbons (Fsp3) is 0.250. The van der Waals surface area contributed by atoms with Crippen LogP contribution in [0, 0.1) is 0 Å². The molecule has 0 aliphatic carbocycles. The lowest BCUT2D eigenvalue weighted by atomic mass is 10.2. The van der Waals surface area contributed by atoms with Crippen molar-refractivity contribution in [1.82, 2.24) is 4.98 Å². The highest BCUT2D eigenvalue weighted by atomic mass is 32.1. The summed E-state index contributed by atoms with van der Waals surface area (Å²) in [6.45, 7) is 2.88. The van der Waals surface area contributed by atoms with Gasteiger partial charge in [-0.2, -0.15) is 0 Å². The summed E-state index contributed by atoms with van der Waals surface area (Å²) in [7, 11) is 1.63. The molecule has 0 saturated carbocycles. The Hall–Kier alpha value is -3.12. The highest BCUT2D eigenvalue weighted by Gasteiger charge is 2.07. The molecule has 3 rings (SSSR count). The van der Waals surface area contributed by atoms with Gasteiger partial charge in [0.25, 0.3) is 0 Å². The summed E-state index contributed by atoms with van der Waals surface area (Å²) in [5.74, 6) is 1.39. The molecule has 0 saturated heterocycles. The molecule has 2 aromatic carbocycles. The van der Waals surface area contributed by atoms with E-state index in [0.29, 0.717) is 11.7 Å². The van der Waals surface area contributed by atoms with Crippen LogP contribution in [-0.2, 0) is 4.79 Å². The third kappa shape index (κ3) is 6.46. The van der Waals surface area contributed by atoms with Gasteiger partial charge in [0.05, 0.1) is 19.4 Å². The van der Waals surface area contributed by atoms with Gasteiger partial charge in [0.1, 0.15) is 11.5 Å². The largest absolute Gasteiger partial charge is 0.497 e. The Morgan fingerprint density at radius 2 is 1.97 bits per heavy atom. The molecular formula is C24H26N2O3S. The predicted octanol–water partition coefficient (Wildman–Crippen LogP) is 6.04. The number of rotatable bonds is 10. The van der Waals surface area contributed by atoms with Gasteiger partial charge in [-0.15, -0.1) is 11.3 Å². The van der Waals surface area contributed by atoms with Crippen molar-refractivity contribution in [2.75, 3.05) is 19.0 Å². The Morgan fingerprint density at radius 1 is 1.13 bits per heavy atom. The zero-order valence-electron chi connectivity index (χ0n) is 17.3. The fourth-order valence-corrected chi connectivity index (χ4v) is 3.52. The average Bonchev–Trinajstić information content (AvgIpc) is 3.24. The second kappa shape index (κ2) is 11.2. The van der Waals surface area contributed by atoms with Crippen molar-refractivity contribution in [2.24, 2.45) is 0 Å². The molecular weight excluding hydrogens is 396 g/mol. The van der Waals surface area contributed by atoms with E-state index in [0.717, 1.165) is 41.2 Å². The number of hydrogen-bond donors (Lipinski definition) is 1. The Labute approximate surface area is 181 Å². The summed E-state index contributed by atoms with van der Waals surface area (Å²) >= 11 is 1.39. The van der Waals surface area contributed by atoms with Gasteiger partial charge >= 0.3 is 0 Å².